The van der Waals surface area contributed by atoms with Gasteiger partial charge in [-0.25, -0.2) is 4.68 Å². The number of carbonyl (C=O) groups is 1. The zero-order valence-corrected chi connectivity index (χ0v) is 13.8. The lowest BCUT2D eigenvalue weighted by atomic mass is 9.89. The van der Waals surface area contributed by atoms with Crippen LogP contribution in [-0.2, 0) is 10.5 Å². The lowest BCUT2D eigenvalue weighted by Gasteiger charge is -2.29. The van der Waals surface area contributed by atoms with E-state index < -0.39 is 0 Å². The number of fused-ring (bicyclic) bond motifs is 1. The van der Waals surface area contributed by atoms with Gasteiger partial charge in [0.1, 0.15) is 0 Å². The van der Waals surface area contributed by atoms with Crippen LogP contribution in [0.4, 0.5) is 5.95 Å². The highest BCUT2D eigenvalue weighted by Crippen LogP contribution is 2.36. The fourth-order valence-corrected chi connectivity index (χ4v) is 3.96. The van der Waals surface area contributed by atoms with Crippen LogP contribution >= 0.6 is 11.8 Å². The minimum Gasteiger partial charge on any atom is -0.328 e. The van der Waals surface area contributed by atoms with E-state index in [0.29, 0.717) is 6.42 Å². The maximum Gasteiger partial charge on any atom is 0.227 e. The molecule has 118 valence electrons. The van der Waals surface area contributed by atoms with Gasteiger partial charge in [-0.1, -0.05) is 42.1 Å². The summed E-state index contributed by atoms with van der Waals surface area (Å²) in [5.41, 5.74) is 3.17. The summed E-state index contributed by atoms with van der Waals surface area (Å²) in [6.45, 7) is 2.03. The van der Waals surface area contributed by atoms with Gasteiger partial charge in [0.2, 0.25) is 11.1 Å². The molecule has 1 aromatic carbocycles. The van der Waals surface area contributed by atoms with Crippen molar-refractivity contribution >= 4 is 23.5 Å². The van der Waals surface area contributed by atoms with Gasteiger partial charge in [-0.3, -0.25) is 4.79 Å². The number of hydrogen-bond acceptors (Lipinski definition) is 5. The zero-order valence-electron chi connectivity index (χ0n) is 13.0. The van der Waals surface area contributed by atoms with Crippen LogP contribution in [0.3, 0.4) is 0 Å². The van der Waals surface area contributed by atoms with E-state index in [1.165, 1.54) is 5.56 Å². The number of aromatic nitrogens is 3. The number of Topliss-reactive ketones (excluding diaryl/α,β-unsaturated/α-hetero) is 1. The molecule has 23 heavy (non-hydrogen) atoms. The van der Waals surface area contributed by atoms with Crippen molar-refractivity contribution in [2.75, 3.05) is 5.32 Å². The molecule has 2 heterocycles. The molecule has 0 saturated carbocycles. The lowest BCUT2D eigenvalue weighted by Crippen LogP contribution is -2.29. The van der Waals surface area contributed by atoms with Gasteiger partial charge in [-0.15, -0.1) is 5.10 Å². The van der Waals surface area contributed by atoms with E-state index in [9.17, 15) is 4.79 Å². The number of rotatable bonds is 3. The minimum absolute atomic E-state index is 0.0346. The maximum atomic E-state index is 12.2. The average Bonchev–Trinajstić information content (AvgIpc) is 2.97. The molecule has 0 bridgehead atoms. The van der Waals surface area contributed by atoms with E-state index in [1.807, 2.05) is 29.8 Å². The van der Waals surface area contributed by atoms with Crippen molar-refractivity contribution in [3.8, 4) is 0 Å². The summed E-state index contributed by atoms with van der Waals surface area (Å²) in [7, 11) is 0. The van der Waals surface area contributed by atoms with E-state index >= 15 is 0 Å². The molecule has 0 radical (unpaired) electrons. The molecule has 5 nitrogen and oxygen atoms in total. The Labute approximate surface area is 139 Å². The van der Waals surface area contributed by atoms with Gasteiger partial charge in [0.05, 0.1) is 6.04 Å². The van der Waals surface area contributed by atoms with Crippen LogP contribution in [-0.4, -0.2) is 20.5 Å². The summed E-state index contributed by atoms with van der Waals surface area (Å²) in [6, 6.07) is 10.3. The molecule has 6 heteroatoms. The summed E-state index contributed by atoms with van der Waals surface area (Å²) in [5.74, 6) is 1.83. The Bertz CT molecular complexity index is 781. The quantitative estimate of drug-likeness (QED) is 0.874. The first-order valence-corrected chi connectivity index (χ1v) is 8.87. The third-order valence-electron chi connectivity index (χ3n) is 4.33. The molecule has 1 aromatic heterocycles. The maximum absolute atomic E-state index is 12.2. The second-order valence-corrected chi connectivity index (χ2v) is 6.85. The van der Waals surface area contributed by atoms with Gasteiger partial charge >= 0.3 is 0 Å². The topological polar surface area (TPSA) is 59.8 Å². The van der Waals surface area contributed by atoms with Crippen molar-refractivity contribution < 1.29 is 4.79 Å². The van der Waals surface area contributed by atoms with Crippen molar-refractivity contribution in [3.05, 3.63) is 47.2 Å². The Kier molecular flexibility index (Phi) is 3.69. The van der Waals surface area contributed by atoms with Crippen molar-refractivity contribution in [2.45, 2.75) is 43.1 Å². The number of allylic oxidation sites excluding steroid dienone is 2. The first kappa shape index (κ1) is 14.5. The standard InChI is InChI=1S/C17H18N4OS/c1-11-15-13(8-5-9-14(15)22)18-16-19-17(20-21(11)16)23-10-12-6-3-2-4-7-12/h2-4,6-7,11H,5,8-10H2,1H3,(H,18,19,20). The summed E-state index contributed by atoms with van der Waals surface area (Å²) in [6.07, 6.45) is 2.48. The molecular weight excluding hydrogens is 308 g/mol. The Hall–Kier alpha value is -2.08. The number of thioether (sulfide) groups is 1. The molecule has 1 N–H and O–H groups in total. The summed E-state index contributed by atoms with van der Waals surface area (Å²) in [4.78, 5) is 16.8. The normalized spacial score (nSPS) is 20.0. The minimum atomic E-state index is -0.0346. The third kappa shape index (κ3) is 2.67. The van der Waals surface area contributed by atoms with Crippen LogP contribution in [0, 0.1) is 0 Å². The second kappa shape index (κ2) is 5.85. The molecule has 2 aliphatic rings. The monoisotopic (exact) mass is 326 g/mol. The molecule has 4 rings (SSSR count). The molecule has 1 aliphatic heterocycles. The van der Waals surface area contributed by atoms with Gasteiger partial charge in [0, 0.05) is 23.4 Å². The van der Waals surface area contributed by atoms with E-state index in [-0.39, 0.29) is 11.8 Å². The Morgan fingerprint density at radius 2 is 2.13 bits per heavy atom. The number of anilines is 1. The first-order valence-electron chi connectivity index (χ1n) is 7.89. The molecule has 1 unspecified atom stereocenters. The molecule has 0 amide bonds. The Morgan fingerprint density at radius 1 is 1.30 bits per heavy atom. The fraction of sp³-hybridized carbons (Fsp3) is 0.353. The van der Waals surface area contributed by atoms with Gasteiger partial charge in [-0.2, -0.15) is 4.98 Å². The van der Waals surface area contributed by atoms with Gasteiger partial charge < -0.3 is 5.32 Å². The first-order chi connectivity index (χ1) is 11.2. The molecule has 0 saturated heterocycles. The van der Waals surface area contributed by atoms with Gasteiger partial charge in [0.15, 0.2) is 5.78 Å². The SMILES string of the molecule is CC1C2=C(CCCC2=O)Nc2nc(SCc3ccccc3)nn21. The molecule has 1 atom stereocenters. The highest BCUT2D eigenvalue weighted by atomic mass is 32.2. The van der Waals surface area contributed by atoms with Crippen molar-refractivity contribution in [2.24, 2.45) is 0 Å². The highest BCUT2D eigenvalue weighted by Gasteiger charge is 2.33. The summed E-state index contributed by atoms with van der Waals surface area (Å²) in [5, 5.41) is 8.65. The van der Waals surface area contributed by atoms with Crippen LogP contribution < -0.4 is 5.32 Å². The van der Waals surface area contributed by atoms with Gasteiger partial charge in [-0.05, 0) is 25.3 Å². The number of ketones is 1. The van der Waals surface area contributed by atoms with E-state index in [2.05, 4.69) is 27.5 Å². The number of hydrogen-bond donors (Lipinski definition) is 1. The van der Waals surface area contributed by atoms with E-state index in [4.69, 9.17) is 0 Å². The van der Waals surface area contributed by atoms with Crippen LogP contribution in [0.15, 0.2) is 46.8 Å². The predicted molar refractivity (Wildman–Crippen MR) is 90.2 cm³/mol. The zero-order chi connectivity index (χ0) is 15.8. The second-order valence-electron chi connectivity index (χ2n) is 5.91. The largest absolute Gasteiger partial charge is 0.328 e. The smallest absolute Gasteiger partial charge is 0.227 e. The van der Waals surface area contributed by atoms with E-state index in [0.717, 1.165) is 41.0 Å². The Morgan fingerprint density at radius 3 is 2.96 bits per heavy atom. The highest BCUT2D eigenvalue weighted by molar-refractivity contribution is 7.98. The van der Waals surface area contributed by atoms with Crippen LogP contribution in [0.1, 0.15) is 37.8 Å². The third-order valence-corrected chi connectivity index (χ3v) is 5.23. The Balaban J connectivity index is 1.55. The van der Waals surface area contributed by atoms with Crippen LogP contribution in [0.25, 0.3) is 0 Å². The molecule has 0 spiro atoms. The number of carbonyl (C=O) groups excluding carboxylic acids is 1. The number of nitrogens with zero attached hydrogens (tertiary/aromatic N) is 3. The fourth-order valence-electron chi connectivity index (χ4n) is 3.18. The number of nitrogens with one attached hydrogen (secondary N) is 1. The lowest BCUT2D eigenvalue weighted by molar-refractivity contribution is -0.116. The predicted octanol–water partition coefficient (Wildman–Crippen LogP) is 3.56. The van der Waals surface area contributed by atoms with Crippen LogP contribution in [0.5, 0.6) is 0 Å². The summed E-state index contributed by atoms with van der Waals surface area (Å²) < 4.78 is 1.84. The average molecular weight is 326 g/mol. The number of benzene rings is 1. The van der Waals surface area contributed by atoms with Crippen molar-refractivity contribution in [3.63, 3.8) is 0 Å². The van der Waals surface area contributed by atoms with Crippen molar-refractivity contribution in [1.82, 2.24) is 14.8 Å². The summed E-state index contributed by atoms with van der Waals surface area (Å²) >= 11 is 1.62. The van der Waals surface area contributed by atoms with Gasteiger partial charge in [0.25, 0.3) is 0 Å². The van der Waals surface area contributed by atoms with E-state index in [1.54, 1.807) is 11.8 Å². The molecule has 0 fully saturated rings. The molecule has 2 aromatic rings. The van der Waals surface area contributed by atoms with Crippen molar-refractivity contribution in [1.29, 1.82) is 0 Å². The molecule has 1 aliphatic carbocycles. The van der Waals surface area contributed by atoms with Crippen LogP contribution in [0.2, 0.25) is 0 Å². The molecular formula is C17H18N4OS.